The molecule has 2 heterocycles. The van der Waals surface area contributed by atoms with E-state index in [9.17, 15) is 9.59 Å². The van der Waals surface area contributed by atoms with E-state index in [2.05, 4.69) is 42.4 Å². The fourth-order valence-corrected chi connectivity index (χ4v) is 4.49. The Morgan fingerprint density at radius 3 is 2.84 bits per heavy atom. The van der Waals surface area contributed by atoms with Gasteiger partial charge >= 0.3 is 0 Å². The van der Waals surface area contributed by atoms with Crippen LogP contribution in [0, 0.1) is 0 Å². The van der Waals surface area contributed by atoms with Gasteiger partial charge in [-0.15, -0.1) is 0 Å². The lowest BCUT2D eigenvalue weighted by Crippen LogP contribution is -2.43. The first-order chi connectivity index (χ1) is 15.0. The van der Waals surface area contributed by atoms with Crippen molar-refractivity contribution >= 4 is 23.2 Å². The molecule has 0 bridgehead atoms. The van der Waals surface area contributed by atoms with E-state index in [4.69, 9.17) is 4.74 Å². The maximum atomic E-state index is 13.1. The first-order valence-corrected chi connectivity index (χ1v) is 11.2. The number of aryl methyl sites for hydroxylation is 1. The third-order valence-corrected chi connectivity index (χ3v) is 6.24. The number of ether oxygens (including phenoxy) is 1. The van der Waals surface area contributed by atoms with Gasteiger partial charge in [0.25, 0.3) is 0 Å². The number of rotatable bonds is 6. The molecule has 0 saturated heterocycles. The lowest BCUT2D eigenvalue weighted by molar-refractivity contribution is -0.134. The van der Waals surface area contributed by atoms with Crippen LogP contribution >= 0.6 is 0 Å². The highest BCUT2D eigenvalue weighted by Gasteiger charge is 2.28. The van der Waals surface area contributed by atoms with E-state index in [1.807, 2.05) is 29.2 Å². The lowest BCUT2D eigenvalue weighted by atomic mass is 10.0. The maximum Gasteiger partial charge on any atom is 0.224 e. The van der Waals surface area contributed by atoms with E-state index < -0.39 is 0 Å². The van der Waals surface area contributed by atoms with Crippen molar-refractivity contribution in [1.29, 1.82) is 0 Å². The van der Waals surface area contributed by atoms with Crippen LogP contribution in [0.4, 0.5) is 11.4 Å². The number of hydrogen-bond donors (Lipinski definition) is 1. The average Bonchev–Trinajstić information content (AvgIpc) is 2.93. The minimum absolute atomic E-state index is 0.0624. The number of carbonyl (C=O) groups excluding carboxylic acids is 2. The number of anilines is 2. The molecule has 0 aromatic heterocycles. The Hall–Kier alpha value is -3.02. The second-order valence-electron chi connectivity index (χ2n) is 8.41. The van der Waals surface area contributed by atoms with Crippen molar-refractivity contribution in [2.45, 2.75) is 51.6 Å². The zero-order valence-corrected chi connectivity index (χ0v) is 18.4. The summed E-state index contributed by atoms with van der Waals surface area (Å²) >= 11 is 0. The predicted octanol–water partition coefficient (Wildman–Crippen LogP) is 3.99. The fraction of sp³-hybridized carbons (Fsp3) is 0.440. The van der Waals surface area contributed by atoms with Crippen LogP contribution in [0.25, 0.3) is 0 Å². The van der Waals surface area contributed by atoms with Crippen LogP contribution in [0.5, 0.6) is 5.75 Å². The zero-order valence-electron chi connectivity index (χ0n) is 18.4. The van der Waals surface area contributed by atoms with E-state index in [1.54, 1.807) is 0 Å². The van der Waals surface area contributed by atoms with Crippen LogP contribution in [0.1, 0.15) is 43.7 Å². The van der Waals surface area contributed by atoms with Gasteiger partial charge in [0.05, 0.1) is 6.61 Å². The molecule has 6 heteroatoms. The Bertz CT molecular complexity index is 959. The van der Waals surface area contributed by atoms with Crippen LogP contribution in [0.15, 0.2) is 42.5 Å². The molecular weight excluding hydrogens is 390 g/mol. The van der Waals surface area contributed by atoms with Crippen molar-refractivity contribution in [1.82, 2.24) is 4.90 Å². The first kappa shape index (κ1) is 21.2. The van der Waals surface area contributed by atoms with Crippen LogP contribution < -0.4 is 15.0 Å². The average molecular weight is 422 g/mol. The molecule has 4 rings (SSSR count). The summed E-state index contributed by atoms with van der Waals surface area (Å²) in [6, 6.07) is 14.3. The number of nitrogens with zero attached hydrogens (tertiary/aromatic N) is 2. The highest BCUT2D eigenvalue weighted by Crippen LogP contribution is 2.28. The number of nitrogens with one attached hydrogen (secondary N) is 1. The number of hydrogen-bond acceptors (Lipinski definition) is 4. The number of amides is 2. The van der Waals surface area contributed by atoms with Crippen LogP contribution in [0.3, 0.4) is 0 Å². The molecule has 0 radical (unpaired) electrons. The second kappa shape index (κ2) is 9.41. The molecule has 0 aliphatic carbocycles. The molecule has 2 aliphatic rings. The highest BCUT2D eigenvalue weighted by atomic mass is 16.5. The first-order valence-electron chi connectivity index (χ1n) is 11.2. The van der Waals surface area contributed by atoms with Crippen LogP contribution in [-0.2, 0) is 22.6 Å². The summed E-state index contributed by atoms with van der Waals surface area (Å²) < 4.78 is 5.90. The molecule has 0 spiro atoms. The number of fused-ring (bicyclic) bond motifs is 2. The molecule has 1 atom stereocenters. The molecule has 1 N–H and O–H groups in total. The third kappa shape index (κ3) is 4.84. The smallest absolute Gasteiger partial charge is 0.224 e. The van der Waals surface area contributed by atoms with Crippen molar-refractivity contribution in [3.05, 3.63) is 53.6 Å². The summed E-state index contributed by atoms with van der Waals surface area (Å²) in [5.41, 5.74) is 4.39. The predicted molar refractivity (Wildman–Crippen MR) is 122 cm³/mol. The SMILES string of the molecule is CCC1CN(C)c2ccccc2CN1C(=O)CCCOc1ccc2c(c1)CCC(=O)N2. The van der Waals surface area contributed by atoms with Crippen molar-refractivity contribution in [2.75, 3.05) is 30.4 Å². The monoisotopic (exact) mass is 421 g/mol. The molecule has 2 amide bonds. The molecule has 2 aromatic rings. The summed E-state index contributed by atoms with van der Waals surface area (Å²) in [5.74, 6) is 1.04. The molecule has 0 fully saturated rings. The molecule has 31 heavy (non-hydrogen) atoms. The Morgan fingerprint density at radius 1 is 1.16 bits per heavy atom. The number of benzene rings is 2. The zero-order chi connectivity index (χ0) is 21.8. The van der Waals surface area contributed by atoms with E-state index in [0.717, 1.165) is 36.4 Å². The van der Waals surface area contributed by atoms with E-state index in [-0.39, 0.29) is 17.9 Å². The molecular formula is C25H31N3O3. The van der Waals surface area contributed by atoms with Crippen LogP contribution in [0.2, 0.25) is 0 Å². The molecule has 0 saturated carbocycles. The third-order valence-electron chi connectivity index (χ3n) is 6.24. The van der Waals surface area contributed by atoms with E-state index in [0.29, 0.717) is 32.4 Å². The summed E-state index contributed by atoms with van der Waals surface area (Å²) in [6.07, 6.45) is 3.34. The van der Waals surface area contributed by atoms with Crippen molar-refractivity contribution < 1.29 is 14.3 Å². The largest absolute Gasteiger partial charge is 0.494 e. The van der Waals surface area contributed by atoms with Gasteiger partial charge in [-0.25, -0.2) is 0 Å². The van der Waals surface area contributed by atoms with Gasteiger partial charge in [-0.05, 0) is 54.7 Å². The van der Waals surface area contributed by atoms with Gasteiger partial charge < -0.3 is 19.9 Å². The highest BCUT2D eigenvalue weighted by molar-refractivity contribution is 5.94. The van der Waals surface area contributed by atoms with E-state index in [1.165, 1.54) is 11.3 Å². The summed E-state index contributed by atoms with van der Waals surface area (Å²) in [7, 11) is 2.10. The normalized spacial score (nSPS) is 18.0. The number of likely N-dealkylation sites (N-methyl/N-ethyl adjacent to an activating group) is 1. The van der Waals surface area contributed by atoms with Gasteiger partial charge in [-0.3, -0.25) is 9.59 Å². The molecule has 6 nitrogen and oxygen atoms in total. The fourth-order valence-electron chi connectivity index (χ4n) is 4.49. The van der Waals surface area contributed by atoms with Gasteiger partial charge in [0.1, 0.15) is 5.75 Å². The molecule has 164 valence electrons. The Kier molecular flexibility index (Phi) is 6.44. The van der Waals surface area contributed by atoms with Crippen molar-refractivity contribution in [3.63, 3.8) is 0 Å². The van der Waals surface area contributed by atoms with Gasteiger partial charge in [0.15, 0.2) is 0 Å². The number of para-hydroxylation sites is 1. The van der Waals surface area contributed by atoms with Gasteiger partial charge in [0.2, 0.25) is 11.8 Å². The van der Waals surface area contributed by atoms with E-state index >= 15 is 0 Å². The standard InChI is InChI=1S/C25H31N3O3/c1-3-20-17-27(2)23-8-5-4-7-19(23)16-28(20)25(30)9-6-14-31-21-11-12-22-18(15-21)10-13-24(29)26-22/h4-5,7-8,11-12,15,20H,3,6,9-10,13-14,16-17H2,1-2H3,(H,26,29). The van der Waals surface area contributed by atoms with Crippen LogP contribution in [-0.4, -0.2) is 43.0 Å². The van der Waals surface area contributed by atoms with Gasteiger partial charge in [-0.1, -0.05) is 25.1 Å². The second-order valence-corrected chi connectivity index (χ2v) is 8.41. The summed E-state index contributed by atoms with van der Waals surface area (Å²) in [6.45, 7) is 4.16. The van der Waals surface area contributed by atoms with Gasteiger partial charge in [0, 0.05) is 50.4 Å². The Labute approximate surface area is 184 Å². The lowest BCUT2D eigenvalue weighted by Gasteiger charge is -2.30. The Morgan fingerprint density at radius 2 is 2.00 bits per heavy atom. The topological polar surface area (TPSA) is 61.9 Å². The van der Waals surface area contributed by atoms with Crippen molar-refractivity contribution in [2.24, 2.45) is 0 Å². The molecule has 2 aliphatic heterocycles. The minimum atomic E-state index is 0.0624. The number of carbonyl (C=O) groups is 2. The Balaban J connectivity index is 1.32. The van der Waals surface area contributed by atoms with Crippen molar-refractivity contribution in [3.8, 4) is 5.75 Å². The quantitative estimate of drug-likeness (QED) is 0.717. The maximum absolute atomic E-state index is 13.1. The summed E-state index contributed by atoms with van der Waals surface area (Å²) in [5, 5.41) is 2.88. The van der Waals surface area contributed by atoms with Gasteiger partial charge in [-0.2, -0.15) is 0 Å². The summed E-state index contributed by atoms with van der Waals surface area (Å²) in [4.78, 5) is 28.9. The minimum Gasteiger partial charge on any atom is -0.494 e. The molecule has 1 unspecified atom stereocenters. The molecule has 2 aromatic carbocycles.